The summed E-state index contributed by atoms with van der Waals surface area (Å²) < 4.78 is 0. The van der Waals surface area contributed by atoms with E-state index in [9.17, 15) is 0 Å². The van der Waals surface area contributed by atoms with Crippen LogP contribution in [0.4, 0.5) is 0 Å². The normalized spacial score (nSPS) is 10.9. The number of pyridine rings is 1. The molecule has 0 aliphatic carbocycles. The smallest absolute Gasteiger partial charge is 0.137 e. The molecule has 0 saturated carbocycles. The van der Waals surface area contributed by atoms with E-state index in [0.29, 0.717) is 0 Å². The van der Waals surface area contributed by atoms with Gasteiger partial charge >= 0.3 is 0 Å². The molecule has 4 nitrogen and oxygen atoms in total. The number of fused-ring (bicyclic) bond motifs is 1. The third-order valence-electron chi connectivity index (χ3n) is 2.26. The molecular weight excluding hydrogens is 176 g/mol. The second-order valence-electron chi connectivity index (χ2n) is 3.09. The molecule has 3 aromatic heterocycles. The summed E-state index contributed by atoms with van der Waals surface area (Å²) in [5, 5.41) is 7.84. The van der Waals surface area contributed by atoms with E-state index in [1.807, 2.05) is 24.5 Å². The van der Waals surface area contributed by atoms with Gasteiger partial charge in [-0.2, -0.15) is 5.10 Å². The fourth-order valence-corrected chi connectivity index (χ4v) is 1.59. The molecule has 0 radical (unpaired) electrons. The molecule has 0 fully saturated rings. The van der Waals surface area contributed by atoms with Gasteiger partial charge in [0.2, 0.25) is 0 Å². The first-order valence-corrected chi connectivity index (χ1v) is 4.36. The minimum absolute atomic E-state index is 0.906. The van der Waals surface area contributed by atoms with E-state index in [0.717, 1.165) is 22.2 Å². The largest absolute Gasteiger partial charge is 0.346 e. The topological polar surface area (TPSA) is 57.4 Å². The van der Waals surface area contributed by atoms with Crippen molar-refractivity contribution in [2.24, 2.45) is 0 Å². The van der Waals surface area contributed by atoms with Gasteiger partial charge in [-0.05, 0) is 12.1 Å². The van der Waals surface area contributed by atoms with Gasteiger partial charge in [0.15, 0.2) is 0 Å². The van der Waals surface area contributed by atoms with Crippen LogP contribution in [0.25, 0.3) is 22.2 Å². The van der Waals surface area contributed by atoms with E-state index < -0.39 is 0 Å². The number of rotatable bonds is 1. The molecule has 0 unspecified atom stereocenters. The van der Waals surface area contributed by atoms with Crippen molar-refractivity contribution in [1.82, 2.24) is 20.2 Å². The van der Waals surface area contributed by atoms with E-state index >= 15 is 0 Å². The second-order valence-corrected chi connectivity index (χ2v) is 3.09. The molecule has 4 heteroatoms. The van der Waals surface area contributed by atoms with E-state index in [4.69, 9.17) is 0 Å². The van der Waals surface area contributed by atoms with Crippen LogP contribution in [0, 0.1) is 0 Å². The van der Waals surface area contributed by atoms with Crippen molar-refractivity contribution < 1.29 is 0 Å². The number of aromatic nitrogens is 4. The number of aromatic amines is 2. The molecule has 0 aliphatic rings. The molecule has 3 aromatic rings. The highest BCUT2D eigenvalue weighted by Gasteiger charge is 2.06. The second kappa shape index (κ2) is 2.70. The Morgan fingerprint density at radius 3 is 3.07 bits per heavy atom. The van der Waals surface area contributed by atoms with Crippen LogP contribution in [0.2, 0.25) is 0 Å². The Morgan fingerprint density at radius 1 is 1.21 bits per heavy atom. The number of H-pyrrole nitrogens is 2. The summed E-state index contributed by atoms with van der Waals surface area (Å²) in [5.74, 6) is 0. The number of nitrogens with zero attached hydrogens (tertiary/aromatic N) is 2. The third kappa shape index (κ3) is 0.939. The maximum absolute atomic E-state index is 4.23. The fourth-order valence-electron chi connectivity index (χ4n) is 1.59. The summed E-state index contributed by atoms with van der Waals surface area (Å²) in [7, 11) is 0. The average Bonchev–Trinajstić information content (AvgIpc) is 2.85. The van der Waals surface area contributed by atoms with Gasteiger partial charge in [-0.3, -0.25) is 5.10 Å². The summed E-state index contributed by atoms with van der Waals surface area (Å²) in [6.45, 7) is 0. The molecule has 0 aromatic carbocycles. The molecule has 0 saturated heterocycles. The Bertz CT molecular complexity index is 550. The minimum Gasteiger partial charge on any atom is -0.346 e. The molecule has 3 rings (SSSR count). The van der Waals surface area contributed by atoms with Gasteiger partial charge in [-0.25, -0.2) is 4.98 Å². The van der Waals surface area contributed by atoms with Gasteiger partial charge in [0.05, 0.1) is 6.20 Å². The van der Waals surface area contributed by atoms with Crippen molar-refractivity contribution in [2.75, 3.05) is 0 Å². The summed E-state index contributed by atoms with van der Waals surface area (Å²) >= 11 is 0. The van der Waals surface area contributed by atoms with Crippen molar-refractivity contribution >= 4 is 11.0 Å². The maximum atomic E-state index is 4.23. The molecule has 0 spiro atoms. The summed E-state index contributed by atoms with van der Waals surface area (Å²) in [6.07, 6.45) is 7.39. The molecule has 14 heavy (non-hydrogen) atoms. The van der Waals surface area contributed by atoms with Crippen LogP contribution in [-0.4, -0.2) is 20.2 Å². The van der Waals surface area contributed by atoms with Crippen LogP contribution in [0.3, 0.4) is 0 Å². The zero-order chi connectivity index (χ0) is 9.38. The standard InChI is InChI=1S/C10H8N4/c1-2-8-9(7-4-13-14-5-7)6-12-10(8)11-3-1/h1-6H,(H,11,12)(H,13,14). The highest BCUT2D eigenvalue weighted by Crippen LogP contribution is 2.25. The van der Waals surface area contributed by atoms with Crippen molar-refractivity contribution in [1.29, 1.82) is 0 Å². The lowest BCUT2D eigenvalue weighted by molar-refractivity contribution is 1.09. The van der Waals surface area contributed by atoms with Crippen molar-refractivity contribution in [3.63, 3.8) is 0 Å². The van der Waals surface area contributed by atoms with Gasteiger partial charge in [0.1, 0.15) is 5.65 Å². The Morgan fingerprint density at radius 2 is 2.21 bits per heavy atom. The lowest BCUT2D eigenvalue weighted by atomic mass is 10.1. The summed E-state index contributed by atoms with van der Waals surface area (Å²) in [5.41, 5.74) is 3.11. The maximum Gasteiger partial charge on any atom is 0.137 e. The summed E-state index contributed by atoms with van der Waals surface area (Å²) in [4.78, 5) is 7.35. The monoisotopic (exact) mass is 184 g/mol. The predicted molar refractivity (Wildman–Crippen MR) is 53.7 cm³/mol. The van der Waals surface area contributed by atoms with Gasteiger partial charge in [0, 0.05) is 35.1 Å². The van der Waals surface area contributed by atoms with E-state index in [1.54, 1.807) is 12.4 Å². The minimum atomic E-state index is 0.906. The third-order valence-corrected chi connectivity index (χ3v) is 2.26. The fraction of sp³-hybridized carbons (Fsp3) is 0. The Labute approximate surface area is 80.0 Å². The van der Waals surface area contributed by atoms with Crippen LogP contribution in [0.15, 0.2) is 36.9 Å². The number of hydrogen-bond acceptors (Lipinski definition) is 2. The van der Waals surface area contributed by atoms with Gasteiger partial charge in [-0.1, -0.05) is 0 Å². The van der Waals surface area contributed by atoms with Crippen LogP contribution >= 0.6 is 0 Å². The Kier molecular flexibility index (Phi) is 1.41. The van der Waals surface area contributed by atoms with Crippen LogP contribution in [0.1, 0.15) is 0 Å². The molecule has 0 amide bonds. The average molecular weight is 184 g/mol. The lowest BCUT2D eigenvalue weighted by Crippen LogP contribution is -1.73. The summed E-state index contributed by atoms with van der Waals surface area (Å²) in [6, 6.07) is 3.97. The van der Waals surface area contributed by atoms with Gasteiger partial charge in [0.25, 0.3) is 0 Å². The predicted octanol–water partition coefficient (Wildman–Crippen LogP) is 1.95. The molecule has 0 atom stereocenters. The molecule has 3 heterocycles. The highest BCUT2D eigenvalue weighted by atomic mass is 15.1. The van der Waals surface area contributed by atoms with Crippen molar-refractivity contribution in [3.8, 4) is 11.1 Å². The molecule has 0 bridgehead atoms. The quantitative estimate of drug-likeness (QED) is 0.607. The number of nitrogens with one attached hydrogen (secondary N) is 2. The van der Waals surface area contributed by atoms with Crippen molar-refractivity contribution in [2.45, 2.75) is 0 Å². The van der Waals surface area contributed by atoms with Crippen LogP contribution < -0.4 is 0 Å². The zero-order valence-electron chi connectivity index (χ0n) is 7.36. The van der Waals surface area contributed by atoms with Gasteiger partial charge < -0.3 is 4.98 Å². The van der Waals surface area contributed by atoms with Crippen LogP contribution in [0.5, 0.6) is 0 Å². The van der Waals surface area contributed by atoms with Crippen LogP contribution in [-0.2, 0) is 0 Å². The first kappa shape index (κ1) is 7.32. The molecular formula is C10H8N4. The lowest BCUT2D eigenvalue weighted by Gasteiger charge is -1.91. The molecule has 0 aliphatic heterocycles. The first-order chi connectivity index (χ1) is 6.95. The SMILES string of the molecule is c1cnc2[nH]cc(-c3cn[nH]c3)c2c1. The van der Waals surface area contributed by atoms with Gasteiger partial charge in [-0.15, -0.1) is 0 Å². The Balaban J connectivity index is 2.33. The molecule has 68 valence electrons. The molecule has 2 N–H and O–H groups in total. The first-order valence-electron chi connectivity index (χ1n) is 4.36. The zero-order valence-corrected chi connectivity index (χ0v) is 7.36. The highest BCUT2D eigenvalue weighted by molar-refractivity contribution is 5.92. The Hall–Kier alpha value is -2.10. The number of hydrogen-bond donors (Lipinski definition) is 2. The van der Waals surface area contributed by atoms with Crippen molar-refractivity contribution in [3.05, 3.63) is 36.9 Å². The van der Waals surface area contributed by atoms with E-state index in [1.165, 1.54) is 0 Å². The van der Waals surface area contributed by atoms with E-state index in [2.05, 4.69) is 20.2 Å². The van der Waals surface area contributed by atoms with E-state index in [-0.39, 0.29) is 0 Å².